The molecule has 4 nitrogen and oxygen atoms in total. The normalized spacial score (nSPS) is 21.4. The van der Waals surface area contributed by atoms with Gasteiger partial charge in [0, 0.05) is 0 Å². The van der Waals surface area contributed by atoms with Crippen molar-refractivity contribution in [3.05, 3.63) is 0 Å². The van der Waals surface area contributed by atoms with Crippen molar-refractivity contribution in [2.24, 2.45) is 5.41 Å². The summed E-state index contributed by atoms with van der Waals surface area (Å²) in [7, 11) is 0. The minimum atomic E-state index is -0.597. The minimum Gasteiger partial charge on any atom is -0.462 e. The molecular weight excluding hydrogens is 364 g/mol. The monoisotopic (exact) mass is 412 g/mol. The Bertz CT molecular complexity index is 439. The molecule has 1 fully saturated rings. The van der Waals surface area contributed by atoms with Gasteiger partial charge in [-0.05, 0) is 41.0 Å². The van der Waals surface area contributed by atoms with Crippen LogP contribution in [0, 0.1) is 5.41 Å². The number of carbonyl (C=O) groups excluding carboxylic acids is 1. The summed E-state index contributed by atoms with van der Waals surface area (Å²) in [4.78, 5) is 12.0. The molecule has 0 radical (unpaired) electrons. The fourth-order valence-corrected chi connectivity index (χ4v) is 3.86. The Morgan fingerprint density at radius 2 is 1.24 bits per heavy atom. The first-order valence-electron chi connectivity index (χ1n) is 12.2. The molecule has 0 aromatic carbocycles. The molecule has 0 N–H and O–H groups in total. The lowest BCUT2D eigenvalue weighted by Gasteiger charge is -2.21. The fourth-order valence-electron chi connectivity index (χ4n) is 3.86. The second-order valence-electron chi connectivity index (χ2n) is 10.2. The van der Waals surface area contributed by atoms with Gasteiger partial charge >= 0.3 is 5.97 Å². The van der Waals surface area contributed by atoms with E-state index in [0.717, 1.165) is 12.8 Å². The van der Waals surface area contributed by atoms with Gasteiger partial charge < -0.3 is 14.2 Å². The highest BCUT2D eigenvalue weighted by atomic mass is 16.8. The fraction of sp³-hybridized carbons (Fsp3) is 0.960. The number of rotatable bonds is 15. The maximum absolute atomic E-state index is 12.0. The van der Waals surface area contributed by atoms with Crippen molar-refractivity contribution in [1.82, 2.24) is 0 Å². The number of esters is 1. The van der Waals surface area contributed by atoms with Gasteiger partial charge in [0.2, 0.25) is 0 Å². The van der Waals surface area contributed by atoms with Crippen LogP contribution in [-0.4, -0.2) is 30.6 Å². The van der Waals surface area contributed by atoms with E-state index in [0.29, 0.717) is 0 Å². The first-order valence-corrected chi connectivity index (χ1v) is 12.2. The van der Waals surface area contributed by atoms with Gasteiger partial charge in [-0.25, -0.2) is 0 Å². The largest absolute Gasteiger partial charge is 0.462 e. The Kier molecular flexibility index (Phi) is 12.4. The zero-order valence-corrected chi connectivity index (χ0v) is 20.2. The summed E-state index contributed by atoms with van der Waals surface area (Å²) in [5.41, 5.74) is -0.486. The highest BCUT2D eigenvalue weighted by Gasteiger charge is 2.41. The first-order chi connectivity index (χ1) is 13.7. The molecule has 0 aliphatic carbocycles. The Balaban J connectivity index is 2.12. The summed E-state index contributed by atoms with van der Waals surface area (Å²) in [5, 5.41) is 0. The van der Waals surface area contributed by atoms with E-state index >= 15 is 0 Å². The molecule has 2 atom stereocenters. The Hall–Kier alpha value is -0.610. The number of hydrogen-bond donors (Lipinski definition) is 0. The second-order valence-corrected chi connectivity index (χ2v) is 10.2. The van der Waals surface area contributed by atoms with Gasteiger partial charge in [-0.1, -0.05) is 84.0 Å². The molecule has 0 amide bonds. The summed E-state index contributed by atoms with van der Waals surface area (Å²) in [6, 6.07) is 0. The molecule has 0 bridgehead atoms. The third-order valence-electron chi connectivity index (χ3n) is 5.62. The topological polar surface area (TPSA) is 44.8 Å². The van der Waals surface area contributed by atoms with Gasteiger partial charge in [0.1, 0.15) is 12.7 Å². The molecule has 172 valence electrons. The zero-order chi connectivity index (χ0) is 21.8. The molecule has 1 heterocycles. The van der Waals surface area contributed by atoms with E-state index < -0.39 is 11.2 Å². The maximum atomic E-state index is 12.0. The molecule has 0 aromatic heterocycles. The van der Waals surface area contributed by atoms with Crippen LogP contribution in [0.3, 0.4) is 0 Å². The average Bonchev–Trinajstić information content (AvgIpc) is 2.93. The van der Waals surface area contributed by atoms with Crippen LogP contribution in [0.5, 0.6) is 0 Å². The molecule has 0 aromatic rings. The van der Waals surface area contributed by atoms with E-state index in [4.69, 9.17) is 14.2 Å². The number of unbranched alkanes of at least 4 members (excludes halogenated alkanes) is 11. The van der Waals surface area contributed by atoms with Crippen LogP contribution in [0.2, 0.25) is 0 Å². The van der Waals surface area contributed by atoms with E-state index in [1.54, 1.807) is 0 Å². The van der Waals surface area contributed by atoms with Crippen molar-refractivity contribution in [3.8, 4) is 0 Å². The average molecular weight is 413 g/mol. The highest BCUT2D eigenvalue weighted by molar-refractivity contribution is 5.75. The second kappa shape index (κ2) is 13.6. The van der Waals surface area contributed by atoms with Gasteiger partial charge in [-0.3, -0.25) is 4.79 Å². The van der Waals surface area contributed by atoms with E-state index in [1.165, 1.54) is 70.6 Å². The van der Waals surface area contributed by atoms with Crippen LogP contribution in [0.1, 0.15) is 125 Å². The number of ether oxygens (including phenoxy) is 3. The number of carbonyl (C=O) groups is 1. The molecule has 1 rings (SSSR count). The van der Waals surface area contributed by atoms with Crippen molar-refractivity contribution in [2.45, 2.75) is 143 Å². The Labute approximate surface area is 180 Å². The highest BCUT2D eigenvalue weighted by Crippen LogP contribution is 2.31. The van der Waals surface area contributed by atoms with E-state index in [9.17, 15) is 4.79 Å². The lowest BCUT2D eigenvalue weighted by Crippen LogP contribution is -2.32. The Morgan fingerprint density at radius 3 is 1.72 bits per heavy atom. The van der Waals surface area contributed by atoms with Crippen LogP contribution >= 0.6 is 0 Å². The van der Waals surface area contributed by atoms with Crippen LogP contribution in [0.4, 0.5) is 0 Å². The quantitative estimate of drug-likeness (QED) is 0.211. The van der Waals surface area contributed by atoms with Crippen LogP contribution in [-0.2, 0) is 19.0 Å². The summed E-state index contributed by atoms with van der Waals surface area (Å²) < 4.78 is 17.5. The van der Waals surface area contributed by atoms with Crippen molar-refractivity contribution >= 4 is 5.97 Å². The van der Waals surface area contributed by atoms with E-state index in [-0.39, 0.29) is 24.8 Å². The molecule has 0 spiro atoms. The first kappa shape index (κ1) is 26.4. The summed E-state index contributed by atoms with van der Waals surface area (Å²) in [6.07, 6.45) is 17.0. The van der Waals surface area contributed by atoms with Crippen molar-refractivity contribution in [2.75, 3.05) is 6.61 Å². The molecule has 29 heavy (non-hydrogen) atoms. The van der Waals surface area contributed by atoms with Crippen LogP contribution in [0.15, 0.2) is 0 Å². The van der Waals surface area contributed by atoms with Crippen molar-refractivity contribution < 1.29 is 19.0 Å². The van der Waals surface area contributed by atoms with Crippen LogP contribution in [0.25, 0.3) is 0 Å². The molecule has 1 aliphatic heterocycles. The van der Waals surface area contributed by atoms with Crippen LogP contribution < -0.4 is 0 Å². The molecular formula is C25H48O4. The maximum Gasteiger partial charge on any atom is 0.311 e. The Morgan fingerprint density at radius 1 is 0.793 bits per heavy atom. The van der Waals surface area contributed by atoms with E-state index in [2.05, 4.69) is 6.92 Å². The predicted octanol–water partition coefficient (Wildman–Crippen LogP) is 7.19. The SMILES string of the molecule is CCCCCCCCCCCCCC[C@H]1OC(C)(C)O[C@H]1COC(=O)C(C)(C)C. The van der Waals surface area contributed by atoms with Gasteiger partial charge in [0.25, 0.3) is 0 Å². The third-order valence-corrected chi connectivity index (χ3v) is 5.62. The lowest BCUT2D eigenvalue weighted by molar-refractivity contribution is -0.165. The van der Waals surface area contributed by atoms with Crippen molar-refractivity contribution in [1.29, 1.82) is 0 Å². The lowest BCUT2D eigenvalue weighted by atomic mass is 9.97. The standard InChI is InChI=1S/C25H48O4/c1-7-8-9-10-11-12-13-14-15-16-17-18-19-21-22(29-25(5,6)28-21)20-27-23(26)24(2,3)4/h21-22H,7-20H2,1-6H3/t21-,22+/m1/s1. The third kappa shape index (κ3) is 12.0. The molecule has 0 unspecified atom stereocenters. The molecule has 1 saturated heterocycles. The minimum absolute atomic E-state index is 0.0147. The zero-order valence-electron chi connectivity index (χ0n) is 20.2. The van der Waals surface area contributed by atoms with E-state index in [1.807, 2.05) is 34.6 Å². The van der Waals surface area contributed by atoms with Crippen molar-refractivity contribution in [3.63, 3.8) is 0 Å². The number of hydrogen-bond acceptors (Lipinski definition) is 4. The summed E-state index contributed by atoms with van der Waals surface area (Å²) in [6.45, 7) is 12.0. The van der Waals surface area contributed by atoms with Gasteiger partial charge in [0.15, 0.2) is 5.79 Å². The summed E-state index contributed by atoms with van der Waals surface area (Å²) >= 11 is 0. The molecule has 4 heteroatoms. The molecule has 1 aliphatic rings. The van der Waals surface area contributed by atoms with Gasteiger partial charge in [0.05, 0.1) is 11.5 Å². The molecule has 0 saturated carbocycles. The van der Waals surface area contributed by atoms with Gasteiger partial charge in [-0.2, -0.15) is 0 Å². The van der Waals surface area contributed by atoms with Gasteiger partial charge in [-0.15, -0.1) is 0 Å². The summed E-state index contributed by atoms with van der Waals surface area (Å²) in [5.74, 6) is -0.782. The predicted molar refractivity (Wildman–Crippen MR) is 120 cm³/mol. The smallest absolute Gasteiger partial charge is 0.311 e.